The molecule has 0 bridgehead atoms. The molecular weight excluding hydrogens is 286 g/mol. The summed E-state index contributed by atoms with van der Waals surface area (Å²) in [5.74, 6) is 0.822. The molecule has 4 heteroatoms. The van der Waals surface area contributed by atoms with Crippen LogP contribution in [0.4, 0.5) is 5.69 Å². The van der Waals surface area contributed by atoms with Gasteiger partial charge in [0.05, 0.1) is 29.5 Å². The van der Waals surface area contributed by atoms with Crippen LogP contribution in [0.1, 0.15) is 25.5 Å². The predicted octanol–water partition coefficient (Wildman–Crippen LogP) is 4.27. The molecule has 0 aliphatic heterocycles. The molecule has 2 aromatic rings. The van der Waals surface area contributed by atoms with Crippen LogP contribution in [0.25, 0.3) is 0 Å². The molecule has 0 aliphatic carbocycles. The Bertz CT molecular complexity index is 569. The summed E-state index contributed by atoms with van der Waals surface area (Å²) < 4.78 is 5.62. The highest BCUT2D eigenvalue weighted by Gasteiger charge is 2.12. The maximum absolute atomic E-state index is 9.61. The van der Waals surface area contributed by atoms with Crippen molar-refractivity contribution < 1.29 is 9.84 Å². The van der Waals surface area contributed by atoms with Crippen LogP contribution < -0.4 is 10.1 Å². The molecule has 2 N–H and O–H groups in total. The van der Waals surface area contributed by atoms with E-state index in [-0.39, 0.29) is 18.8 Å². The second-order valence-electron chi connectivity index (χ2n) is 5.09. The number of rotatable bonds is 6. The first-order chi connectivity index (χ1) is 10.1. The van der Waals surface area contributed by atoms with Gasteiger partial charge in [0.15, 0.2) is 0 Å². The first-order valence-electron chi connectivity index (χ1n) is 6.98. The Hall–Kier alpha value is -1.71. The quantitative estimate of drug-likeness (QED) is 0.837. The molecule has 0 heterocycles. The Balaban J connectivity index is 2.12. The van der Waals surface area contributed by atoms with Gasteiger partial charge in [-0.05, 0) is 43.7 Å². The number of aliphatic hydroxyl groups is 1. The van der Waals surface area contributed by atoms with Crippen LogP contribution in [-0.2, 0) is 0 Å². The van der Waals surface area contributed by atoms with E-state index < -0.39 is 0 Å². The number of hydrogen-bond donors (Lipinski definition) is 2. The van der Waals surface area contributed by atoms with Gasteiger partial charge in [0.2, 0.25) is 0 Å². The number of nitrogens with one attached hydrogen (secondary N) is 1. The molecule has 0 aromatic heterocycles. The van der Waals surface area contributed by atoms with Crippen LogP contribution in [0.15, 0.2) is 48.5 Å². The number of aliphatic hydroxyl groups excluding tert-OH is 1. The van der Waals surface area contributed by atoms with Crippen molar-refractivity contribution in [2.24, 2.45) is 0 Å². The summed E-state index contributed by atoms with van der Waals surface area (Å²) in [4.78, 5) is 0. The number of ether oxygens (including phenoxy) is 1. The Morgan fingerprint density at radius 3 is 2.33 bits per heavy atom. The highest BCUT2D eigenvalue weighted by molar-refractivity contribution is 6.33. The van der Waals surface area contributed by atoms with Gasteiger partial charge in [0.25, 0.3) is 0 Å². The van der Waals surface area contributed by atoms with Crippen molar-refractivity contribution in [2.75, 3.05) is 11.9 Å². The number of hydrogen-bond acceptors (Lipinski definition) is 3. The molecule has 21 heavy (non-hydrogen) atoms. The summed E-state index contributed by atoms with van der Waals surface area (Å²) in [5.41, 5.74) is 1.79. The van der Waals surface area contributed by atoms with Crippen molar-refractivity contribution in [1.82, 2.24) is 0 Å². The lowest BCUT2D eigenvalue weighted by Gasteiger charge is -2.19. The lowest BCUT2D eigenvalue weighted by Crippen LogP contribution is -2.15. The topological polar surface area (TPSA) is 41.5 Å². The van der Waals surface area contributed by atoms with Crippen LogP contribution in [-0.4, -0.2) is 17.8 Å². The van der Waals surface area contributed by atoms with E-state index in [0.29, 0.717) is 5.02 Å². The molecule has 0 saturated carbocycles. The number of halogens is 1. The Morgan fingerprint density at radius 2 is 1.76 bits per heavy atom. The van der Waals surface area contributed by atoms with E-state index in [1.54, 1.807) is 0 Å². The smallest absolute Gasteiger partial charge is 0.119 e. The highest BCUT2D eigenvalue weighted by atomic mass is 35.5. The van der Waals surface area contributed by atoms with Gasteiger partial charge in [0.1, 0.15) is 5.75 Å². The van der Waals surface area contributed by atoms with E-state index in [1.807, 2.05) is 62.4 Å². The zero-order chi connectivity index (χ0) is 15.2. The molecule has 2 aromatic carbocycles. The first kappa shape index (κ1) is 15.7. The standard InChI is InChI=1S/C17H20ClNO2/c1-12(2)21-14-9-7-13(8-10-14)17(11-20)19-16-6-4-3-5-15(16)18/h3-10,12,17,19-20H,11H2,1-2H3. The number of anilines is 1. The fraction of sp³-hybridized carbons (Fsp3) is 0.294. The van der Waals surface area contributed by atoms with Crippen molar-refractivity contribution in [3.63, 3.8) is 0 Å². The van der Waals surface area contributed by atoms with Crippen LogP contribution in [0, 0.1) is 0 Å². The van der Waals surface area contributed by atoms with Crippen molar-refractivity contribution in [1.29, 1.82) is 0 Å². The van der Waals surface area contributed by atoms with Gasteiger partial charge in [-0.15, -0.1) is 0 Å². The summed E-state index contributed by atoms with van der Waals surface area (Å²) >= 11 is 6.13. The molecule has 0 amide bonds. The van der Waals surface area contributed by atoms with Crippen LogP contribution in [0.5, 0.6) is 5.75 Å². The molecule has 0 fully saturated rings. The van der Waals surface area contributed by atoms with Crippen LogP contribution in [0.2, 0.25) is 5.02 Å². The van der Waals surface area contributed by atoms with Gasteiger partial charge in [-0.3, -0.25) is 0 Å². The maximum atomic E-state index is 9.61. The first-order valence-corrected chi connectivity index (χ1v) is 7.36. The Labute approximate surface area is 130 Å². The summed E-state index contributed by atoms with van der Waals surface area (Å²) in [6.07, 6.45) is 0.144. The second-order valence-corrected chi connectivity index (χ2v) is 5.50. The van der Waals surface area contributed by atoms with Gasteiger partial charge >= 0.3 is 0 Å². The SMILES string of the molecule is CC(C)Oc1ccc(C(CO)Nc2ccccc2Cl)cc1. The van der Waals surface area contributed by atoms with E-state index in [0.717, 1.165) is 17.0 Å². The fourth-order valence-electron chi connectivity index (χ4n) is 2.05. The van der Waals surface area contributed by atoms with Crippen molar-refractivity contribution >= 4 is 17.3 Å². The minimum atomic E-state index is -0.210. The normalized spacial score (nSPS) is 12.2. The number of benzene rings is 2. The van der Waals surface area contributed by atoms with Gasteiger partial charge in [-0.1, -0.05) is 35.9 Å². The minimum Gasteiger partial charge on any atom is -0.491 e. The van der Waals surface area contributed by atoms with E-state index in [9.17, 15) is 5.11 Å². The summed E-state index contributed by atoms with van der Waals surface area (Å²) in [6.45, 7) is 3.96. The zero-order valence-electron chi connectivity index (χ0n) is 12.2. The van der Waals surface area contributed by atoms with Crippen LogP contribution >= 0.6 is 11.6 Å². The molecular formula is C17H20ClNO2. The molecule has 0 saturated heterocycles. The highest BCUT2D eigenvalue weighted by Crippen LogP contribution is 2.26. The maximum Gasteiger partial charge on any atom is 0.119 e. The molecule has 112 valence electrons. The molecule has 0 radical (unpaired) electrons. The third-order valence-corrected chi connectivity index (χ3v) is 3.37. The molecule has 1 atom stereocenters. The summed E-state index contributed by atoms with van der Waals surface area (Å²) in [5, 5.41) is 13.5. The summed E-state index contributed by atoms with van der Waals surface area (Å²) in [7, 11) is 0. The average Bonchev–Trinajstić information content (AvgIpc) is 2.47. The summed E-state index contributed by atoms with van der Waals surface area (Å²) in [6, 6.07) is 15.0. The monoisotopic (exact) mass is 305 g/mol. The number of para-hydroxylation sites is 1. The lowest BCUT2D eigenvalue weighted by atomic mass is 10.1. The molecule has 0 spiro atoms. The van der Waals surface area contributed by atoms with Crippen molar-refractivity contribution in [3.05, 3.63) is 59.1 Å². The third-order valence-electron chi connectivity index (χ3n) is 3.04. The van der Waals surface area contributed by atoms with Crippen molar-refractivity contribution in [3.8, 4) is 5.75 Å². The van der Waals surface area contributed by atoms with E-state index >= 15 is 0 Å². The van der Waals surface area contributed by atoms with Gasteiger partial charge in [-0.25, -0.2) is 0 Å². The predicted molar refractivity (Wildman–Crippen MR) is 87.1 cm³/mol. The van der Waals surface area contributed by atoms with Crippen LogP contribution in [0.3, 0.4) is 0 Å². The molecule has 0 aliphatic rings. The van der Waals surface area contributed by atoms with Gasteiger partial charge in [0, 0.05) is 0 Å². The van der Waals surface area contributed by atoms with Gasteiger partial charge < -0.3 is 15.2 Å². The largest absolute Gasteiger partial charge is 0.491 e. The molecule has 3 nitrogen and oxygen atoms in total. The zero-order valence-corrected chi connectivity index (χ0v) is 13.0. The average molecular weight is 306 g/mol. The fourth-order valence-corrected chi connectivity index (χ4v) is 2.24. The lowest BCUT2D eigenvalue weighted by molar-refractivity contribution is 0.242. The Morgan fingerprint density at radius 1 is 1.10 bits per heavy atom. The van der Waals surface area contributed by atoms with E-state index in [1.165, 1.54) is 0 Å². The Kier molecular flexibility index (Phi) is 5.48. The van der Waals surface area contributed by atoms with Crippen molar-refractivity contribution in [2.45, 2.75) is 26.0 Å². The third kappa shape index (κ3) is 4.38. The van der Waals surface area contributed by atoms with Gasteiger partial charge in [-0.2, -0.15) is 0 Å². The molecule has 2 rings (SSSR count). The second kappa shape index (κ2) is 7.34. The minimum absolute atomic E-state index is 0.0182. The molecule has 1 unspecified atom stereocenters. The van der Waals surface area contributed by atoms with E-state index in [4.69, 9.17) is 16.3 Å². The van der Waals surface area contributed by atoms with E-state index in [2.05, 4.69) is 5.32 Å².